The Hall–Kier alpha value is -2.34. The minimum atomic E-state index is -0.804. The fraction of sp³-hybridized carbons (Fsp3) is 0. The number of H-pyrrole nitrogens is 1. The molecule has 3 aromatic rings. The van der Waals surface area contributed by atoms with Gasteiger partial charge in [-0.1, -0.05) is 11.6 Å². The molecule has 2 aromatic heterocycles. The maximum atomic E-state index is 13.9. The van der Waals surface area contributed by atoms with Crippen LogP contribution in [0.5, 0.6) is 0 Å². The Kier molecular flexibility index (Phi) is 2.94. The van der Waals surface area contributed by atoms with E-state index < -0.39 is 22.2 Å². The second-order valence-electron chi connectivity index (χ2n) is 4.02. The van der Waals surface area contributed by atoms with Crippen LogP contribution in [-0.4, -0.2) is 15.0 Å². The average Bonchev–Trinajstić information content (AvgIpc) is 2.44. The molecule has 0 bridgehead atoms. The van der Waals surface area contributed by atoms with Gasteiger partial charge in [0.25, 0.3) is 5.56 Å². The molecule has 0 radical (unpaired) electrons. The maximum absolute atomic E-state index is 13.9. The van der Waals surface area contributed by atoms with Crippen molar-refractivity contribution in [1.82, 2.24) is 15.0 Å². The zero-order chi connectivity index (χ0) is 14.3. The summed E-state index contributed by atoms with van der Waals surface area (Å²) in [4.78, 5) is 22.4. The van der Waals surface area contributed by atoms with Gasteiger partial charge in [0.2, 0.25) is 0 Å². The SMILES string of the molecule is O=c1[nH]c2nccnc2cc1-c1c(F)ccc(F)c1Cl. The normalized spacial score (nSPS) is 10.9. The van der Waals surface area contributed by atoms with E-state index in [9.17, 15) is 13.6 Å². The summed E-state index contributed by atoms with van der Waals surface area (Å²) in [7, 11) is 0. The highest BCUT2D eigenvalue weighted by molar-refractivity contribution is 6.33. The van der Waals surface area contributed by atoms with Crippen LogP contribution in [0.2, 0.25) is 5.02 Å². The lowest BCUT2D eigenvalue weighted by molar-refractivity contribution is 0.603. The summed E-state index contributed by atoms with van der Waals surface area (Å²) in [6.45, 7) is 0. The quantitative estimate of drug-likeness (QED) is 0.702. The zero-order valence-electron chi connectivity index (χ0n) is 9.82. The molecule has 1 aromatic carbocycles. The highest BCUT2D eigenvalue weighted by Crippen LogP contribution is 2.31. The smallest absolute Gasteiger partial charge is 0.257 e. The van der Waals surface area contributed by atoms with Gasteiger partial charge >= 0.3 is 0 Å². The number of benzene rings is 1. The van der Waals surface area contributed by atoms with Crippen molar-refractivity contribution in [2.45, 2.75) is 0 Å². The molecule has 1 N–H and O–H groups in total. The topological polar surface area (TPSA) is 58.6 Å². The molecule has 2 heterocycles. The van der Waals surface area contributed by atoms with Crippen molar-refractivity contribution in [3.63, 3.8) is 0 Å². The molecule has 0 fully saturated rings. The van der Waals surface area contributed by atoms with Crippen LogP contribution in [0.4, 0.5) is 8.78 Å². The van der Waals surface area contributed by atoms with Gasteiger partial charge in [-0.05, 0) is 18.2 Å². The Morgan fingerprint density at radius 3 is 2.60 bits per heavy atom. The van der Waals surface area contributed by atoms with Crippen LogP contribution in [-0.2, 0) is 0 Å². The molecular weight excluding hydrogens is 288 g/mol. The average molecular weight is 294 g/mol. The number of rotatable bonds is 1. The highest BCUT2D eigenvalue weighted by atomic mass is 35.5. The van der Waals surface area contributed by atoms with Crippen LogP contribution >= 0.6 is 11.6 Å². The predicted molar refractivity (Wildman–Crippen MR) is 70.5 cm³/mol. The van der Waals surface area contributed by atoms with Gasteiger partial charge in [0.1, 0.15) is 17.2 Å². The molecule has 7 heteroatoms. The molecule has 0 aliphatic carbocycles. The third-order valence-corrected chi connectivity index (χ3v) is 3.17. The Bertz CT molecular complexity index is 879. The van der Waals surface area contributed by atoms with Crippen LogP contribution in [0.3, 0.4) is 0 Å². The summed E-state index contributed by atoms with van der Waals surface area (Å²) in [5.74, 6) is -1.59. The summed E-state index contributed by atoms with van der Waals surface area (Å²) in [5.41, 5.74) is -0.402. The van der Waals surface area contributed by atoms with Gasteiger partial charge in [-0.2, -0.15) is 0 Å². The van der Waals surface area contributed by atoms with Crippen molar-refractivity contribution in [1.29, 1.82) is 0 Å². The van der Waals surface area contributed by atoms with E-state index in [1.54, 1.807) is 0 Å². The van der Waals surface area contributed by atoms with Gasteiger partial charge in [-0.15, -0.1) is 0 Å². The van der Waals surface area contributed by atoms with E-state index in [1.165, 1.54) is 18.5 Å². The Morgan fingerprint density at radius 1 is 1.10 bits per heavy atom. The van der Waals surface area contributed by atoms with Crippen LogP contribution in [0, 0.1) is 11.6 Å². The third-order valence-electron chi connectivity index (χ3n) is 2.80. The van der Waals surface area contributed by atoms with Crippen LogP contribution < -0.4 is 5.56 Å². The number of halogens is 3. The lowest BCUT2D eigenvalue weighted by Crippen LogP contribution is -2.11. The lowest BCUT2D eigenvalue weighted by Gasteiger charge is -2.07. The second-order valence-corrected chi connectivity index (χ2v) is 4.40. The van der Waals surface area contributed by atoms with Gasteiger partial charge < -0.3 is 4.98 Å². The van der Waals surface area contributed by atoms with Gasteiger partial charge in [0.15, 0.2) is 5.65 Å². The van der Waals surface area contributed by atoms with E-state index in [1.807, 2.05) is 0 Å². The predicted octanol–water partition coefficient (Wildman–Crippen LogP) is 2.92. The number of aromatic amines is 1. The minimum absolute atomic E-state index is 0.0972. The first kappa shape index (κ1) is 12.7. The van der Waals surface area contributed by atoms with Crippen molar-refractivity contribution in [3.05, 3.63) is 57.6 Å². The minimum Gasteiger partial charge on any atom is -0.305 e. The zero-order valence-corrected chi connectivity index (χ0v) is 10.6. The van der Waals surface area contributed by atoms with Gasteiger partial charge in [0, 0.05) is 18.0 Å². The molecule has 0 unspecified atom stereocenters. The van der Waals surface area contributed by atoms with Crippen LogP contribution in [0.1, 0.15) is 0 Å². The monoisotopic (exact) mass is 293 g/mol. The van der Waals surface area contributed by atoms with Crippen molar-refractivity contribution in [3.8, 4) is 11.1 Å². The van der Waals surface area contributed by atoms with Crippen LogP contribution in [0.15, 0.2) is 35.4 Å². The highest BCUT2D eigenvalue weighted by Gasteiger charge is 2.17. The molecule has 0 aliphatic heterocycles. The third kappa shape index (κ3) is 1.94. The van der Waals surface area contributed by atoms with Gasteiger partial charge in [-0.25, -0.2) is 13.8 Å². The fourth-order valence-corrected chi connectivity index (χ4v) is 2.14. The van der Waals surface area contributed by atoms with Gasteiger partial charge in [-0.3, -0.25) is 9.78 Å². The molecule has 3 rings (SSSR count). The summed E-state index contributed by atoms with van der Waals surface area (Å²) in [6.07, 6.45) is 2.83. The number of hydrogen-bond donors (Lipinski definition) is 1. The molecule has 0 saturated heterocycles. The van der Waals surface area contributed by atoms with Crippen molar-refractivity contribution < 1.29 is 8.78 Å². The van der Waals surface area contributed by atoms with Crippen molar-refractivity contribution in [2.75, 3.05) is 0 Å². The summed E-state index contributed by atoms with van der Waals surface area (Å²) in [5, 5.41) is -0.446. The van der Waals surface area contributed by atoms with E-state index in [4.69, 9.17) is 11.6 Å². The number of hydrogen-bond acceptors (Lipinski definition) is 3. The van der Waals surface area contributed by atoms with Gasteiger partial charge in [0.05, 0.1) is 10.6 Å². The second kappa shape index (κ2) is 4.64. The summed E-state index contributed by atoms with van der Waals surface area (Å²) >= 11 is 5.75. The van der Waals surface area contributed by atoms with E-state index >= 15 is 0 Å². The number of pyridine rings is 1. The fourth-order valence-electron chi connectivity index (χ4n) is 1.89. The van der Waals surface area contributed by atoms with E-state index in [0.717, 1.165) is 12.1 Å². The largest absolute Gasteiger partial charge is 0.305 e. The van der Waals surface area contributed by atoms with E-state index in [2.05, 4.69) is 15.0 Å². The maximum Gasteiger partial charge on any atom is 0.257 e. The molecule has 0 aliphatic rings. The molecule has 0 spiro atoms. The first-order chi connectivity index (χ1) is 9.58. The molecule has 4 nitrogen and oxygen atoms in total. The number of fused-ring (bicyclic) bond motifs is 1. The Balaban J connectivity index is 2.38. The first-order valence-corrected chi connectivity index (χ1v) is 5.93. The first-order valence-electron chi connectivity index (χ1n) is 5.56. The Morgan fingerprint density at radius 2 is 1.80 bits per heavy atom. The Labute approximate surface area is 116 Å². The molecule has 0 atom stereocenters. The lowest BCUT2D eigenvalue weighted by atomic mass is 10.1. The van der Waals surface area contributed by atoms with Crippen molar-refractivity contribution >= 4 is 22.8 Å². The summed E-state index contributed by atoms with van der Waals surface area (Å²) in [6, 6.07) is 3.14. The standard InChI is InChI=1S/C13H6ClF2N3O/c14-11-8(16)2-1-7(15)10(11)6-5-9-12(19-13(6)20)18-4-3-17-9/h1-5H,(H,18,19,20). The molecule has 0 amide bonds. The molecule has 100 valence electrons. The summed E-state index contributed by atoms with van der Waals surface area (Å²) < 4.78 is 27.3. The van der Waals surface area contributed by atoms with E-state index in [-0.39, 0.29) is 16.8 Å². The number of nitrogens with one attached hydrogen (secondary N) is 1. The van der Waals surface area contributed by atoms with Crippen molar-refractivity contribution in [2.24, 2.45) is 0 Å². The number of nitrogens with zero attached hydrogens (tertiary/aromatic N) is 2. The van der Waals surface area contributed by atoms with Crippen LogP contribution in [0.25, 0.3) is 22.3 Å². The molecular formula is C13H6ClF2N3O. The molecule has 0 saturated carbocycles. The van der Waals surface area contributed by atoms with E-state index in [0.29, 0.717) is 5.52 Å². The molecule has 20 heavy (non-hydrogen) atoms. The number of aromatic nitrogens is 3.